The van der Waals surface area contributed by atoms with E-state index in [0.717, 1.165) is 34.6 Å². The minimum atomic E-state index is 0.503. The van der Waals surface area contributed by atoms with Gasteiger partial charge in [0.15, 0.2) is 0 Å². The monoisotopic (exact) mass is 293 g/mol. The average molecular weight is 294 g/mol. The SMILES string of the molecule is Cn1c(N)nc(Br)c1-c1ccc2c(c1)CCO2. The zero-order valence-corrected chi connectivity index (χ0v) is 11.0. The molecule has 2 N–H and O–H groups in total. The molecule has 1 aromatic heterocycles. The Labute approximate surface area is 108 Å². The van der Waals surface area contributed by atoms with Crippen LogP contribution in [-0.4, -0.2) is 16.2 Å². The van der Waals surface area contributed by atoms with E-state index in [1.54, 1.807) is 0 Å². The summed E-state index contributed by atoms with van der Waals surface area (Å²) in [6.45, 7) is 0.771. The summed E-state index contributed by atoms with van der Waals surface area (Å²) >= 11 is 3.44. The predicted octanol–water partition coefficient (Wildman–Crippen LogP) is 2.37. The largest absolute Gasteiger partial charge is 0.493 e. The lowest BCUT2D eigenvalue weighted by molar-refractivity contribution is 0.357. The van der Waals surface area contributed by atoms with Gasteiger partial charge in [-0.2, -0.15) is 0 Å². The maximum absolute atomic E-state index is 5.79. The van der Waals surface area contributed by atoms with Crippen molar-refractivity contribution in [2.75, 3.05) is 12.3 Å². The lowest BCUT2D eigenvalue weighted by Gasteiger charge is -2.06. The summed E-state index contributed by atoms with van der Waals surface area (Å²) in [6.07, 6.45) is 0.966. The number of rotatable bonds is 1. The van der Waals surface area contributed by atoms with Crippen LogP contribution in [0, 0.1) is 0 Å². The van der Waals surface area contributed by atoms with Gasteiger partial charge in [-0.05, 0) is 39.7 Å². The molecule has 0 fully saturated rings. The number of fused-ring (bicyclic) bond motifs is 1. The van der Waals surface area contributed by atoms with Gasteiger partial charge >= 0.3 is 0 Å². The Morgan fingerprint density at radius 1 is 1.47 bits per heavy atom. The van der Waals surface area contributed by atoms with Crippen molar-refractivity contribution in [2.24, 2.45) is 7.05 Å². The number of halogens is 1. The molecule has 1 aromatic carbocycles. The number of nitrogen functional groups attached to an aromatic ring is 1. The summed E-state index contributed by atoms with van der Waals surface area (Å²) in [5, 5.41) is 0. The molecule has 0 aliphatic carbocycles. The van der Waals surface area contributed by atoms with Gasteiger partial charge in [0.2, 0.25) is 5.95 Å². The van der Waals surface area contributed by atoms with Crippen LogP contribution in [0.4, 0.5) is 5.95 Å². The lowest BCUT2D eigenvalue weighted by atomic mass is 10.1. The second-order valence-corrected chi connectivity index (χ2v) is 4.84. The van der Waals surface area contributed by atoms with Crippen LogP contribution in [0.25, 0.3) is 11.3 Å². The molecule has 17 heavy (non-hydrogen) atoms. The van der Waals surface area contributed by atoms with Gasteiger partial charge in [-0.1, -0.05) is 0 Å². The van der Waals surface area contributed by atoms with Crippen molar-refractivity contribution in [3.8, 4) is 17.0 Å². The molecule has 5 heteroatoms. The molecule has 1 aliphatic heterocycles. The molecule has 2 heterocycles. The molecule has 3 rings (SSSR count). The Balaban J connectivity index is 2.15. The van der Waals surface area contributed by atoms with E-state index in [2.05, 4.69) is 27.0 Å². The number of nitrogens with zero attached hydrogens (tertiary/aromatic N) is 2. The Morgan fingerprint density at radius 3 is 3.00 bits per heavy atom. The van der Waals surface area contributed by atoms with Crippen molar-refractivity contribution in [1.29, 1.82) is 0 Å². The summed E-state index contributed by atoms with van der Waals surface area (Å²) in [7, 11) is 1.91. The molecule has 88 valence electrons. The van der Waals surface area contributed by atoms with Crippen LogP contribution >= 0.6 is 15.9 Å². The highest BCUT2D eigenvalue weighted by Gasteiger charge is 2.17. The standard InChI is InChI=1S/C12H12BrN3O/c1-16-10(11(13)15-12(16)14)8-2-3-9-7(6-8)4-5-17-9/h2-3,6H,4-5H2,1H3,(H2,14,15). The molecule has 0 unspecified atom stereocenters. The molecule has 0 amide bonds. The zero-order chi connectivity index (χ0) is 12.0. The molecule has 0 bridgehead atoms. The van der Waals surface area contributed by atoms with Crippen LogP contribution in [0.5, 0.6) is 5.75 Å². The van der Waals surface area contributed by atoms with Crippen molar-refractivity contribution < 1.29 is 4.74 Å². The minimum absolute atomic E-state index is 0.503. The number of benzene rings is 1. The van der Waals surface area contributed by atoms with Crippen molar-refractivity contribution in [3.05, 3.63) is 28.4 Å². The number of hydrogen-bond donors (Lipinski definition) is 1. The molecule has 2 aromatic rings. The normalized spacial score (nSPS) is 13.5. The first-order valence-corrected chi connectivity index (χ1v) is 6.20. The molecule has 0 atom stereocenters. The maximum Gasteiger partial charge on any atom is 0.201 e. The van der Waals surface area contributed by atoms with E-state index in [-0.39, 0.29) is 0 Å². The van der Waals surface area contributed by atoms with Crippen LogP contribution in [0.2, 0.25) is 0 Å². The van der Waals surface area contributed by atoms with E-state index in [4.69, 9.17) is 10.5 Å². The quantitative estimate of drug-likeness (QED) is 0.878. The average Bonchev–Trinajstić information content (AvgIpc) is 2.84. The van der Waals surface area contributed by atoms with E-state index in [9.17, 15) is 0 Å². The summed E-state index contributed by atoms with van der Waals surface area (Å²) in [4.78, 5) is 4.21. The molecular formula is C12H12BrN3O. The molecule has 0 saturated heterocycles. The summed E-state index contributed by atoms with van der Waals surface area (Å²) in [6, 6.07) is 6.18. The second-order valence-electron chi connectivity index (χ2n) is 4.09. The lowest BCUT2D eigenvalue weighted by Crippen LogP contribution is -1.98. The molecule has 1 aliphatic rings. The van der Waals surface area contributed by atoms with Crippen LogP contribution in [-0.2, 0) is 13.5 Å². The Morgan fingerprint density at radius 2 is 2.29 bits per heavy atom. The third-order valence-corrected chi connectivity index (χ3v) is 3.60. The smallest absolute Gasteiger partial charge is 0.201 e. The highest BCUT2D eigenvalue weighted by atomic mass is 79.9. The van der Waals surface area contributed by atoms with E-state index in [0.29, 0.717) is 5.95 Å². The van der Waals surface area contributed by atoms with Gasteiger partial charge in [-0.15, -0.1) is 0 Å². The summed E-state index contributed by atoms with van der Waals surface area (Å²) < 4.78 is 8.15. The fourth-order valence-corrected chi connectivity index (χ4v) is 2.80. The minimum Gasteiger partial charge on any atom is -0.493 e. The van der Waals surface area contributed by atoms with E-state index in [1.165, 1.54) is 5.56 Å². The third kappa shape index (κ3) is 1.61. The zero-order valence-electron chi connectivity index (χ0n) is 9.40. The first kappa shape index (κ1) is 10.7. The third-order valence-electron chi connectivity index (χ3n) is 3.05. The van der Waals surface area contributed by atoms with Crippen LogP contribution in [0.15, 0.2) is 22.8 Å². The van der Waals surface area contributed by atoms with Gasteiger partial charge in [0.1, 0.15) is 10.4 Å². The molecule has 0 saturated carbocycles. The highest BCUT2D eigenvalue weighted by Crippen LogP contribution is 2.34. The van der Waals surface area contributed by atoms with E-state index >= 15 is 0 Å². The van der Waals surface area contributed by atoms with Crippen molar-refractivity contribution in [1.82, 2.24) is 9.55 Å². The Bertz CT molecular complexity index is 592. The van der Waals surface area contributed by atoms with Crippen LogP contribution in [0.1, 0.15) is 5.56 Å². The van der Waals surface area contributed by atoms with Gasteiger partial charge in [0, 0.05) is 19.0 Å². The molecule has 0 spiro atoms. The number of imidazole rings is 1. The molecule has 0 radical (unpaired) electrons. The fraction of sp³-hybridized carbons (Fsp3) is 0.250. The van der Waals surface area contributed by atoms with Crippen LogP contribution < -0.4 is 10.5 Å². The van der Waals surface area contributed by atoms with Gasteiger partial charge < -0.3 is 15.0 Å². The highest BCUT2D eigenvalue weighted by molar-refractivity contribution is 9.10. The van der Waals surface area contributed by atoms with Crippen molar-refractivity contribution in [2.45, 2.75) is 6.42 Å². The molecular weight excluding hydrogens is 282 g/mol. The van der Waals surface area contributed by atoms with Gasteiger partial charge in [-0.3, -0.25) is 0 Å². The topological polar surface area (TPSA) is 53.1 Å². The number of anilines is 1. The summed E-state index contributed by atoms with van der Waals surface area (Å²) in [5.41, 5.74) is 9.14. The number of nitrogens with two attached hydrogens (primary N) is 1. The van der Waals surface area contributed by atoms with Gasteiger partial charge in [0.05, 0.1) is 12.3 Å². The predicted molar refractivity (Wildman–Crippen MR) is 70.0 cm³/mol. The van der Waals surface area contributed by atoms with Crippen molar-refractivity contribution >= 4 is 21.9 Å². The van der Waals surface area contributed by atoms with Crippen molar-refractivity contribution in [3.63, 3.8) is 0 Å². The first-order valence-electron chi connectivity index (χ1n) is 5.40. The Hall–Kier alpha value is -1.49. The number of ether oxygens (including phenoxy) is 1. The number of aromatic nitrogens is 2. The van der Waals surface area contributed by atoms with Crippen LogP contribution in [0.3, 0.4) is 0 Å². The first-order chi connectivity index (χ1) is 8.16. The number of hydrogen-bond acceptors (Lipinski definition) is 3. The van der Waals surface area contributed by atoms with E-state index in [1.807, 2.05) is 23.7 Å². The van der Waals surface area contributed by atoms with Gasteiger partial charge in [0.25, 0.3) is 0 Å². The van der Waals surface area contributed by atoms with E-state index < -0.39 is 0 Å². The fourth-order valence-electron chi connectivity index (χ4n) is 2.13. The maximum atomic E-state index is 5.79. The second kappa shape index (κ2) is 3.77. The molecule has 4 nitrogen and oxygen atoms in total. The Kier molecular flexibility index (Phi) is 2.36. The van der Waals surface area contributed by atoms with Gasteiger partial charge in [-0.25, -0.2) is 4.98 Å². The summed E-state index contributed by atoms with van der Waals surface area (Å²) in [5.74, 6) is 1.49.